The van der Waals surface area contributed by atoms with Crippen LogP contribution in [0.5, 0.6) is 0 Å². The summed E-state index contributed by atoms with van der Waals surface area (Å²) in [6, 6.07) is 2.51. The van der Waals surface area contributed by atoms with Gasteiger partial charge < -0.3 is 4.74 Å². The second-order valence-corrected chi connectivity index (χ2v) is 5.37. The van der Waals surface area contributed by atoms with Gasteiger partial charge in [0.25, 0.3) is 0 Å². The molecule has 2 aliphatic rings. The van der Waals surface area contributed by atoms with E-state index in [2.05, 4.69) is 23.1 Å². The van der Waals surface area contributed by atoms with E-state index in [-0.39, 0.29) is 17.6 Å². The number of rotatable bonds is 4. The molecule has 1 aromatic rings. The van der Waals surface area contributed by atoms with E-state index < -0.39 is 0 Å². The molecular weight excluding hydrogens is 228 g/mol. The van der Waals surface area contributed by atoms with E-state index in [1.54, 1.807) is 6.33 Å². The molecule has 2 saturated heterocycles. The molecule has 0 N–H and O–H groups in total. The van der Waals surface area contributed by atoms with Crippen molar-refractivity contribution < 1.29 is 4.74 Å². The van der Waals surface area contributed by atoms with Crippen molar-refractivity contribution >= 4 is 0 Å². The number of aryl methyl sites for hydroxylation is 1. The minimum Gasteiger partial charge on any atom is -0.373 e. The molecule has 3 heterocycles. The van der Waals surface area contributed by atoms with Crippen LogP contribution in [0.4, 0.5) is 0 Å². The second kappa shape index (κ2) is 4.36. The minimum absolute atomic E-state index is 0.0966. The van der Waals surface area contributed by atoms with Crippen molar-refractivity contribution in [2.24, 2.45) is 5.41 Å². The van der Waals surface area contributed by atoms with Gasteiger partial charge in [-0.3, -0.25) is 4.68 Å². The Labute approximate surface area is 107 Å². The quantitative estimate of drug-likeness (QED) is 0.811. The van der Waals surface area contributed by atoms with Crippen LogP contribution in [0, 0.1) is 16.7 Å². The third-order valence-corrected chi connectivity index (χ3v) is 4.14. The summed E-state index contributed by atoms with van der Waals surface area (Å²) < 4.78 is 7.77. The van der Waals surface area contributed by atoms with Crippen molar-refractivity contribution in [2.75, 3.05) is 0 Å². The van der Waals surface area contributed by atoms with Gasteiger partial charge in [-0.1, -0.05) is 6.92 Å². The highest BCUT2D eigenvalue weighted by atomic mass is 16.5. The zero-order valence-electron chi connectivity index (χ0n) is 10.7. The Hall–Kier alpha value is -1.41. The summed E-state index contributed by atoms with van der Waals surface area (Å²) in [6.07, 6.45) is 6.65. The Morgan fingerprint density at radius 1 is 1.61 bits per heavy atom. The molecule has 2 aliphatic heterocycles. The Balaban J connectivity index is 1.82. The standard InChI is InChI=1S/C13H18N4O/c1-2-5-17-12(15-9-16-17)7-13(8-14)6-10-3-4-11(13)18-10/h9-11H,2-7H2,1H3. The van der Waals surface area contributed by atoms with Crippen molar-refractivity contribution in [1.82, 2.24) is 14.8 Å². The van der Waals surface area contributed by atoms with Crippen LogP contribution in [0.3, 0.4) is 0 Å². The first-order chi connectivity index (χ1) is 8.77. The number of fused-ring (bicyclic) bond motifs is 2. The predicted molar refractivity (Wildman–Crippen MR) is 64.6 cm³/mol. The molecule has 0 aliphatic carbocycles. The third-order valence-electron chi connectivity index (χ3n) is 4.14. The Kier molecular flexibility index (Phi) is 2.83. The number of hydrogen-bond donors (Lipinski definition) is 0. The first kappa shape index (κ1) is 11.7. The van der Waals surface area contributed by atoms with Gasteiger partial charge in [0, 0.05) is 13.0 Å². The van der Waals surface area contributed by atoms with Gasteiger partial charge in [-0.05, 0) is 25.7 Å². The van der Waals surface area contributed by atoms with Gasteiger partial charge in [-0.15, -0.1) is 0 Å². The molecule has 0 spiro atoms. The van der Waals surface area contributed by atoms with Crippen molar-refractivity contribution in [3.05, 3.63) is 12.2 Å². The van der Waals surface area contributed by atoms with Crippen LogP contribution >= 0.6 is 0 Å². The zero-order chi connectivity index (χ0) is 12.6. The molecule has 5 heteroatoms. The van der Waals surface area contributed by atoms with E-state index in [1.165, 1.54) is 0 Å². The van der Waals surface area contributed by atoms with Crippen LogP contribution in [-0.4, -0.2) is 27.0 Å². The number of nitrogens with zero attached hydrogens (tertiary/aromatic N) is 4. The smallest absolute Gasteiger partial charge is 0.138 e. The maximum Gasteiger partial charge on any atom is 0.138 e. The van der Waals surface area contributed by atoms with E-state index in [4.69, 9.17) is 4.74 Å². The maximum atomic E-state index is 9.57. The first-order valence-electron chi connectivity index (χ1n) is 6.71. The Morgan fingerprint density at radius 2 is 2.50 bits per heavy atom. The first-order valence-corrected chi connectivity index (χ1v) is 6.71. The summed E-state index contributed by atoms with van der Waals surface area (Å²) in [5.41, 5.74) is -0.374. The molecule has 1 aromatic heterocycles. The van der Waals surface area contributed by atoms with Crippen molar-refractivity contribution in [1.29, 1.82) is 5.26 Å². The van der Waals surface area contributed by atoms with E-state index in [0.717, 1.165) is 38.1 Å². The molecule has 0 amide bonds. The molecule has 2 fully saturated rings. The fourth-order valence-corrected chi connectivity index (χ4v) is 3.25. The largest absolute Gasteiger partial charge is 0.373 e. The predicted octanol–water partition coefficient (Wildman–Crippen LogP) is 1.69. The van der Waals surface area contributed by atoms with Crippen LogP contribution in [0.2, 0.25) is 0 Å². The molecule has 96 valence electrons. The highest BCUT2D eigenvalue weighted by molar-refractivity contribution is 5.15. The molecule has 18 heavy (non-hydrogen) atoms. The van der Waals surface area contributed by atoms with Gasteiger partial charge in [0.15, 0.2) is 0 Å². The van der Waals surface area contributed by atoms with Crippen LogP contribution in [-0.2, 0) is 17.7 Å². The van der Waals surface area contributed by atoms with E-state index in [0.29, 0.717) is 6.42 Å². The highest BCUT2D eigenvalue weighted by Gasteiger charge is 2.53. The second-order valence-electron chi connectivity index (χ2n) is 5.37. The van der Waals surface area contributed by atoms with Crippen LogP contribution in [0.25, 0.3) is 0 Å². The lowest BCUT2D eigenvalue weighted by Crippen LogP contribution is -2.34. The lowest BCUT2D eigenvalue weighted by molar-refractivity contribution is 0.0779. The van der Waals surface area contributed by atoms with Crippen molar-refractivity contribution in [2.45, 2.75) is 57.8 Å². The molecule has 3 atom stereocenters. The lowest BCUT2D eigenvalue weighted by Gasteiger charge is -2.27. The van der Waals surface area contributed by atoms with E-state index in [9.17, 15) is 5.26 Å². The normalized spacial score (nSPS) is 33.8. The molecule has 3 unspecified atom stereocenters. The summed E-state index contributed by atoms with van der Waals surface area (Å²) in [5, 5.41) is 13.8. The third kappa shape index (κ3) is 1.72. The number of hydrogen-bond acceptors (Lipinski definition) is 4. The van der Waals surface area contributed by atoms with E-state index in [1.807, 2.05) is 4.68 Å². The summed E-state index contributed by atoms with van der Waals surface area (Å²) in [6.45, 7) is 2.98. The lowest BCUT2D eigenvalue weighted by atomic mass is 9.72. The van der Waals surface area contributed by atoms with Crippen LogP contribution in [0.15, 0.2) is 6.33 Å². The average Bonchev–Trinajstić information content (AvgIpc) is 3.07. The molecular formula is C13H18N4O. The molecule has 0 radical (unpaired) electrons. The minimum atomic E-state index is -0.374. The summed E-state index contributed by atoms with van der Waals surface area (Å²) in [4.78, 5) is 4.32. The number of nitriles is 1. The number of aromatic nitrogens is 3. The van der Waals surface area contributed by atoms with Gasteiger partial charge in [-0.25, -0.2) is 4.98 Å². The summed E-state index contributed by atoms with van der Waals surface area (Å²) in [5.74, 6) is 0.926. The molecule has 5 nitrogen and oxygen atoms in total. The highest BCUT2D eigenvalue weighted by Crippen LogP contribution is 2.48. The molecule has 0 aromatic carbocycles. The van der Waals surface area contributed by atoms with Gasteiger partial charge in [-0.2, -0.15) is 10.4 Å². The zero-order valence-corrected chi connectivity index (χ0v) is 10.7. The molecule has 0 saturated carbocycles. The maximum absolute atomic E-state index is 9.57. The SMILES string of the molecule is CCCn1ncnc1CC1(C#N)CC2CCC1O2. The number of ether oxygens (including phenoxy) is 1. The molecule has 2 bridgehead atoms. The van der Waals surface area contributed by atoms with Gasteiger partial charge in [0.2, 0.25) is 0 Å². The van der Waals surface area contributed by atoms with Gasteiger partial charge in [0.1, 0.15) is 12.2 Å². The Morgan fingerprint density at radius 3 is 3.11 bits per heavy atom. The van der Waals surface area contributed by atoms with Gasteiger partial charge in [0.05, 0.1) is 23.7 Å². The summed E-state index contributed by atoms with van der Waals surface area (Å²) >= 11 is 0. The fraction of sp³-hybridized carbons (Fsp3) is 0.769. The fourth-order valence-electron chi connectivity index (χ4n) is 3.25. The average molecular weight is 246 g/mol. The van der Waals surface area contributed by atoms with Crippen LogP contribution in [0.1, 0.15) is 38.4 Å². The van der Waals surface area contributed by atoms with Gasteiger partial charge >= 0.3 is 0 Å². The topological polar surface area (TPSA) is 63.7 Å². The van der Waals surface area contributed by atoms with E-state index >= 15 is 0 Å². The monoisotopic (exact) mass is 246 g/mol. The van der Waals surface area contributed by atoms with Crippen LogP contribution < -0.4 is 0 Å². The Bertz CT molecular complexity index is 478. The summed E-state index contributed by atoms with van der Waals surface area (Å²) in [7, 11) is 0. The molecule has 3 rings (SSSR count). The van der Waals surface area contributed by atoms with Crippen molar-refractivity contribution in [3.8, 4) is 6.07 Å². The van der Waals surface area contributed by atoms with Crippen molar-refractivity contribution in [3.63, 3.8) is 0 Å².